The zero-order chi connectivity index (χ0) is 21.6. The molecule has 0 bridgehead atoms. The van der Waals surface area contributed by atoms with E-state index in [4.69, 9.17) is 0 Å². The van der Waals surface area contributed by atoms with Gasteiger partial charge in [-0.15, -0.1) is 0 Å². The first kappa shape index (κ1) is 20.4. The molecular formula is C26H30N2O2. The first-order chi connectivity index (χ1) is 14.3. The van der Waals surface area contributed by atoms with Gasteiger partial charge in [-0.05, 0) is 73.4 Å². The van der Waals surface area contributed by atoms with Gasteiger partial charge >= 0.3 is 0 Å². The summed E-state index contributed by atoms with van der Waals surface area (Å²) in [7, 11) is 0. The molecule has 4 rings (SSSR count). The van der Waals surface area contributed by atoms with Gasteiger partial charge < -0.3 is 4.90 Å². The molecule has 0 saturated carbocycles. The van der Waals surface area contributed by atoms with Gasteiger partial charge in [-0.3, -0.25) is 9.59 Å². The number of carbonyl (C=O) groups excluding carboxylic acids is 2. The van der Waals surface area contributed by atoms with Crippen molar-refractivity contribution in [2.75, 3.05) is 18.0 Å². The molecular weight excluding hydrogens is 372 g/mol. The van der Waals surface area contributed by atoms with E-state index in [9.17, 15) is 9.59 Å². The predicted molar refractivity (Wildman–Crippen MR) is 121 cm³/mol. The van der Waals surface area contributed by atoms with Crippen molar-refractivity contribution in [1.82, 2.24) is 4.90 Å². The zero-order valence-electron chi connectivity index (χ0n) is 18.5. The molecule has 2 aliphatic rings. The van der Waals surface area contributed by atoms with Crippen molar-refractivity contribution in [2.24, 2.45) is 11.8 Å². The predicted octanol–water partition coefficient (Wildman–Crippen LogP) is 4.87. The number of piperidine rings is 1. The van der Waals surface area contributed by atoms with Gasteiger partial charge in [0.2, 0.25) is 0 Å². The minimum atomic E-state index is -0.227. The first-order valence-corrected chi connectivity index (χ1v) is 10.8. The van der Waals surface area contributed by atoms with E-state index in [1.54, 1.807) is 0 Å². The van der Waals surface area contributed by atoms with Crippen LogP contribution < -0.4 is 4.90 Å². The van der Waals surface area contributed by atoms with Crippen LogP contribution in [-0.2, 0) is 9.59 Å². The number of aryl methyl sites for hydroxylation is 3. The smallest absolute Gasteiger partial charge is 0.282 e. The molecule has 4 heteroatoms. The molecule has 30 heavy (non-hydrogen) atoms. The molecule has 2 unspecified atom stereocenters. The van der Waals surface area contributed by atoms with Gasteiger partial charge in [0, 0.05) is 13.1 Å². The van der Waals surface area contributed by atoms with Crippen LogP contribution in [0.3, 0.4) is 0 Å². The van der Waals surface area contributed by atoms with E-state index in [1.165, 1.54) is 10.5 Å². The Morgan fingerprint density at radius 1 is 0.833 bits per heavy atom. The Hall–Kier alpha value is -2.88. The van der Waals surface area contributed by atoms with E-state index in [1.807, 2.05) is 56.3 Å². The molecule has 0 spiro atoms. The van der Waals surface area contributed by atoms with Crippen LogP contribution in [-0.4, -0.2) is 29.8 Å². The number of anilines is 1. The molecule has 2 heterocycles. The molecule has 0 radical (unpaired) electrons. The van der Waals surface area contributed by atoms with Gasteiger partial charge in [-0.1, -0.05) is 44.2 Å². The average molecular weight is 403 g/mol. The summed E-state index contributed by atoms with van der Waals surface area (Å²) >= 11 is 0. The van der Waals surface area contributed by atoms with Crippen molar-refractivity contribution >= 4 is 23.1 Å². The zero-order valence-corrected chi connectivity index (χ0v) is 18.5. The summed E-state index contributed by atoms with van der Waals surface area (Å²) < 4.78 is 0. The summed E-state index contributed by atoms with van der Waals surface area (Å²) in [5.74, 6) is 0.534. The largest absolute Gasteiger partial charge is 0.366 e. The Bertz CT molecular complexity index is 1040. The maximum Gasteiger partial charge on any atom is 0.282 e. The molecule has 1 saturated heterocycles. The summed E-state index contributed by atoms with van der Waals surface area (Å²) in [5.41, 5.74) is 5.87. The van der Waals surface area contributed by atoms with Crippen molar-refractivity contribution in [3.05, 3.63) is 70.4 Å². The van der Waals surface area contributed by atoms with Crippen LogP contribution >= 0.6 is 0 Å². The molecule has 0 aliphatic carbocycles. The summed E-state index contributed by atoms with van der Waals surface area (Å²) in [6.07, 6.45) is 1.15. The van der Waals surface area contributed by atoms with Crippen LogP contribution in [0.25, 0.3) is 5.57 Å². The van der Waals surface area contributed by atoms with Crippen LogP contribution in [0.15, 0.2) is 48.2 Å². The fraction of sp³-hybridized carbons (Fsp3) is 0.385. The van der Waals surface area contributed by atoms with E-state index in [0.717, 1.165) is 36.2 Å². The average Bonchev–Trinajstić information content (AvgIpc) is 2.93. The first-order valence-electron chi connectivity index (χ1n) is 10.8. The highest BCUT2D eigenvalue weighted by molar-refractivity contribution is 6.45. The Balaban J connectivity index is 1.86. The highest BCUT2D eigenvalue weighted by atomic mass is 16.2. The third kappa shape index (κ3) is 3.55. The molecule has 2 amide bonds. The lowest BCUT2D eigenvalue weighted by Gasteiger charge is -2.37. The van der Waals surface area contributed by atoms with Crippen LogP contribution in [0, 0.1) is 32.6 Å². The van der Waals surface area contributed by atoms with E-state index in [0.29, 0.717) is 28.8 Å². The van der Waals surface area contributed by atoms with E-state index < -0.39 is 0 Å². The lowest BCUT2D eigenvalue weighted by atomic mass is 9.90. The molecule has 2 aromatic carbocycles. The van der Waals surface area contributed by atoms with Gasteiger partial charge in [0.25, 0.3) is 11.8 Å². The number of rotatable bonds is 3. The third-order valence-electron chi connectivity index (χ3n) is 6.30. The molecule has 2 atom stereocenters. The summed E-state index contributed by atoms with van der Waals surface area (Å²) in [6, 6.07) is 13.6. The lowest BCUT2D eigenvalue weighted by Crippen LogP contribution is -2.42. The minimum absolute atomic E-state index is 0.208. The van der Waals surface area contributed by atoms with Crippen molar-refractivity contribution in [3.63, 3.8) is 0 Å². The van der Waals surface area contributed by atoms with Crippen molar-refractivity contribution in [3.8, 4) is 0 Å². The topological polar surface area (TPSA) is 40.6 Å². The van der Waals surface area contributed by atoms with Gasteiger partial charge in [0.05, 0.1) is 11.3 Å². The van der Waals surface area contributed by atoms with Crippen LogP contribution in [0.5, 0.6) is 0 Å². The molecule has 1 fully saturated rings. The van der Waals surface area contributed by atoms with Crippen LogP contribution in [0.4, 0.5) is 5.69 Å². The van der Waals surface area contributed by atoms with Gasteiger partial charge in [0.1, 0.15) is 5.70 Å². The summed E-state index contributed by atoms with van der Waals surface area (Å²) in [6.45, 7) is 12.1. The lowest BCUT2D eigenvalue weighted by molar-refractivity contribution is -0.120. The van der Waals surface area contributed by atoms with Crippen molar-refractivity contribution in [2.45, 2.75) is 41.0 Å². The minimum Gasteiger partial charge on any atom is -0.366 e. The normalized spacial score (nSPS) is 22.3. The monoisotopic (exact) mass is 402 g/mol. The quantitative estimate of drug-likeness (QED) is 0.688. The molecule has 2 aromatic rings. The van der Waals surface area contributed by atoms with Gasteiger partial charge in [0.15, 0.2) is 0 Å². The van der Waals surface area contributed by atoms with Crippen molar-refractivity contribution in [1.29, 1.82) is 0 Å². The van der Waals surface area contributed by atoms with Gasteiger partial charge in [-0.25, -0.2) is 4.90 Å². The van der Waals surface area contributed by atoms with Crippen LogP contribution in [0.1, 0.15) is 42.5 Å². The van der Waals surface area contributed by atoms with Crippen LogP contribution in [0.2, 0.25) is 0 Å². The number of hydrogen-bond acceptors (Lipinski definition) is 3. The fourth-order valence-electron chi connectivity index (χ4n) is 4.82. The molecule has 0 N–H and O–H groups in total. The number of likely N-dealkylation sites (tertiary alicyclic amines) is 1. The SMILES string of the molecule is Cc1cccc(N2C(=O)C(c3ccc(C)c(C)c3)=C(N3CC(C)CC(C)C3)C2=O)c1. The Morgan fingerprint density at radius 2 is 1.53 bits per heavy atom. The number of carbonyl (C=O) groups is 2. The fourth-order valence-corrected chi connectivity index (χ4v) is 4.82. The van der Waals surface area contributed by atoms with E-state index in [2.05, 4.69) is 25.7 Å². The maximum atomic E-state index is 13.7. The Kier molecular flexibility index (Phi) is 5.27. The second-order valence-electron chi connectivity index (χ2n) is 9.16. The molecule has 156 valence electrons. The number of benzene rings is 2. The Morgan fingerprint density at radius 3 is 2.17 bits per heavy atom. The number of imide groups is 1. The maximum absolute atomic E-state index is 13.7. The Labute approximate surface area is 179 Å². The third-order valence-corrected chi connectivity index (χ3v) is 6.30. The summed E-state index contributed by atoms with van der Waals surface area (Å²) in [4.78, 5) is 30.9. The highest BCUT2D eigenvalue weighted by Crippen LogP contribution is 2.37. The molecule has 2 aliphatic heterocycles. The van der Waals surface area contributed by atoms with E-state index >= 15 is 0 Å². The number of amides is 2. The summed E-state index contributed by atoms with van der Waals surface area (Å²) in [5, 5.41) is 0. The number of hydrogen-bond donors (Lipinski definition) is 0. The second kappa shape index (κ2) is 7.75. The second-order valence-corrected chi connectivity index (χ2v) is 9.16. The van der Waals surface area contributed by atoms with Gasteiger partial charge in [-0.2, -0.15) is 0 Å². The molecule has 0 aromatic heterocycles. The highest BCUT2D eigenvalue weighted by Gasteiger charge is 2.43. The van der Waals surface area contributed by atoms with E-state index in [-0.39, 0.29) is 11.8 Å². The standard InChI is InChI=1S/C26H30N2O2/c1-16-7-6-8-22(12-16)28-25(29)23(21-10-9-19(4)20(5)13-21)24(26(28)30)27-14-17(2)11-18(3)15-27/h6-10,12-13,17-18H,11,14-15H2,1-5H3. The molecule has 4 nitrogen and oxygen atoms in total. The van der Waals surface area contributed by atoms with Crippen molar-refractivity contribution < 1.29 is 9.59 Å². The number of nitrogens with zero attached hydrogens (tertiary/aromatic N) is 2.